The van der Waals surface area contributed by atoms with Gasteiger partial charge in [-0.05, 0) is 11.2 Å². The third kappa shape index (κ3) is 2.33. The summed E-state index contributed by atoms with van der Waals surface area (Å²) >= 11 is 0. The molecule has 1 atom stereocenters. The second-order valence-corrected chi connectivity index (χ2v) is 4.89. The molecular formula is C9H13NSi. The van der Waals surface area contributed by atoms with Crippen LogP contribution in [-0.4, -0.2) is 8.96 Å². The monoisotopic (exact) mass is 163 g/mol. The molecule has 0 saturated heterocycles. The molecule has 1 rings (SSSR count). The minimum Gasteiger partial charge on any atom is -0.349 e. The van der Waals surface area contributed by atoms with E-state index in [-0.39, 0.29) is 0 Å². The zero-order valence-electron chi connectivity index (χ0n) is 6.53. The van der Waals surface area contributed by atoms with Crippen LogP contribution in [-0.2, 0) is 0 Å². The van der Waals surface area contributed by atoms with Crippen LogP contribution in [0.5, 0.6) is 0 Å². The normalized spacial score (nSPS) is 12.5. The number of rotatable bonds is 3. The van der Waals surface area contributed by atoms with Crippen molar-refractivity contribution < 1.29 is 0 Å². The number of hydrogen-bond donors (Lipinski definition) is 1. The number of benzene rings is 1. The fraction of sp³-hybridized carbons (Fsp3) is 0.111. The molecule has 0 heterocycles. The number of hydrogen-bond acceptors (Lipinski definition) is 1. The van der Waals surface area contributed by atoms with Crippen molar-refractivity contribution in [1.82, 2.24) is 0 Å². The van der Waals surface area contributed by atoms with Gasteiger partial charge in [0.2, 0.25) is 0 Å². The average molecular weight is 163 g/mol. The summed E-state index contributed by atoms with van der Waals surface area (Å²) in [7, 11) is -1.18. The first kappa shape index (κ1) is 8.24. The van der Waals surface area contributed by atoms with Crippen LogP contribution >= 0.6 is 0 Å². The lowest BCUT2D eigenvalue weighted by Gasteiger charge is -2.05. The lowest BCUT2D eigenvalue weighted by molar-refractivity contribution is 1.58. The van der Waals surface area contributed by atoms with E-state index >= 15 is 0 Å². The average Bonchev–Trinajstić information content (AvgIpc) is 2.07. The maximum Gasteiger partial charge on any atom is 0.142 e. The van der Waals surface area contributed by atoms with Crippen LogP contribution in [0, 0.1) is 0 Å². The first-order valence-corrected chi connectivity index (χ1v) is 5.82. The van der Waals surface area contributed by atoms with Crippen molar-refractivity contribution in [3.63, 3.8) is 0 Å². The summed E-state index contributed by atoms with van der Waals surface area (Å²) in [5.41, 5.74) is 0. The van der Waals surface area contributed by atoms with Crippen LogP contribution in [0.4, 0.5) is 0 Å². The first-order valence-electron chi connectivity index (χ1n) is 3.76. The summed E-state index contributed by atoms with van der Waals surface area (Å²) < 4.78 is 0. The standard InChI is InChI=1S/C9H13NSi/c1-2-8-11(10)9-6-4-3-5-7-9/h2-7,11H,1,8,10H2. The highest BCUT2D eigenvalue weighted by molar-refractivity contribution is 6.70. The van der Waals surface area contributed by atoms with Gasteiger partial charge in [-0.3, -0.25) is 0 Å². The summed E-state index contributed by atoms with van der Waals surface area (Å²) in [5, 5.41) is 7.29. The van der Waals surface area contributed by atoms with Gasteiger partial charge in [0.05, 0.1) is 0 Å². The van der Waals surface area contributed by atoms with Crippen molar-refractivity contribution in [1.29, 1.82) is 0 Å². The second-order valence-electron chi connectivity index (χ2n) is 2.54. The Morgan fingerprint density at radius 3 is 2.55 bits per heavy atom. The van der Waals surface area contributed by atoms with E-state index in [0.29, 0.717) is 0 Å². The Balaban J connectivity index is 2.68. The Labute approximate surface area is 69.2 Å². The minimum absolute atomic E-state index is 0.976. The molecule has 0 aliphatic carbocycles. The fourth-order valence-corrected chi connectivity index (χ4v) is 2.36. The van der Waals surface area contributed by atoms with Crippen molar-refractivity contribution in [2.24, 2.45) is 5.40 Å². The molecular weight excluding hydrogens is 150 g/mol. The molecule has 1 unspecified atom stereocenters. The van der Waals surface area contributed by atoms with Crippen LogP contribution in [0.2, 0.25) is 6.04 Å². The van der Waals surface area contributed by atoms with Gasteiger partial charge in [0.1, 0.15) is 8.96 Å². The second kappa shape index (κ2) is 4.11. The van der Waals surface area contributed by atoms with E-state index in [4.69, 9.17) is 5.40 Å². The molecule has 0 spiro atoms. The van der Waals surface area contributed by atoms with Gasteiger partial charge in [0.15, 0.2) is 0 Å². The fourth-order valence-electron chi connectivity index (χ4n) is 1.02. The summed E-state index contributed by atoms with van der Waals surface area (Å²) in [6.07, 6.45) is 1.91. The molecule has 0 fully saturated rings. The predicted molar refractivity (Wildman–Crippen MR) is 52.4 cm³/mol. The SMILES string of the molecule is C=CC[SiH](N)c1ccccc1. The molecule has 0 saturated carbocycles. The van der Waals surface area contributed by atoms with Gasteiger partial charge in [-0.2, -0.15) is 0 Å². The van der Waals surface area contributed by atoms with E-state index in [1.165, 1.54) is 5.19 Å². The van der Waals surface area contributed by atoms with Crippen molar-refractivity contribution in [3.8, 4) is 0 Å². The highest BCUT2D eigenvalue weighted by Crippen LogP contribution is 1.89. The van der Waals surface area contributed by atoms with Crippen LogP contribution < -0.4 is 10.6 Å². The molecule has 0 bridgehead atoms. The molecule has 0 aliphatic rings. The predicted octanol–water partition coefficient (Wildman–Crippen LogP) is 0.762. The van der Waals surface area contributed by atoms with E-state index in [0.717, 1.165) is 6.04 Å². The Morgan fingerprint density at radius 1 is 1.36 bits per heavy atom. The van der Waals surface area contributed by atoms with Crippen LogP contribution in [0.25, 0.3) is 0 Å². The van der Waals surface area contributed by atoms with Gasteiger partial charge < -0.3 is 5.40 Å². The summed E-state index contributed by atoms with van der Waals surface area (Å²) in [5.74, 6) is 0. The van der Waals surface area contributed by atoms with E-state index in [1.54, 1.807) is 0 Å². The van der Waals surface area contributed by atoms with Crippen molar-refractivity contribution in [2.75, 3.05) is 0 Å². The van der Waals surface area contributed by atoms with Gasteiger partial charge in [0.25, 0.3) is 0 Å². The highest BCUT2D eigenvalue weighted by atomic mass is 28.3. The van der Waals surface area contributed by atoms with Gasteiger partial charge in [-0.15, -0.1) is 6.58 Å². The maximum atomic E-state index is 5.97. The topological polar surface area (TPSA) is 26.0 Å². The quantitative estimate of drug-likeness (QED) is 0.517. The summed E-state index contributed by atoms with van der Waals surface area (Å²) in [6.45, 7) is 3.68. The molecule has 0 radical (unpaired) electrons. The first-order chi connectivity index (χ1) is 5.34. The Kier molecular flexibility index (Phi) is 3.07. The van der Waals surface area contributed by atoms with E-state index in [2.05, 4.69) is 18.7 Å². The zero-order valence-corrected chi connectivity index (χ0v) is 7.69. The highest BCUT2D eigenvalue weighted by Gasteiger charge is 2.03. The maximum absolute atomic E-state index is 5.97. The van der Waals surface area contributed by atoms with Crippen LogP contribution in [0.3, 0.4) is 0 Å². The molecule has 2 N–H and O–H groups in total. The van der Waals surface area contributed by atoms with Crippen LogP contribution in [0.1, 0.15) is 0 Å². The Hall–Kier alpha value is -0.863. The molecule has 0 aromatic heterocycles. The van der Waals surface area contributed by atoms with E-state index < -0.39 is 8.96 Å². The zero-order chi connectivity index (χ0) is 8.10. The Bertz CT molecular complexity index is 220. The van der Waals surface area contributed by atoms with Gasteiger partial charge >= 0.3 is 0 Å². The van der Waals surface area contributed by atoms with Crippen LogP contribution in [0.15, 0.2) is 43.0 Å². The largest absolute Gasteiger partial charge is 0.349 e. The number of allylic oxidation sites excluding steroid dienone is 1. The summed E-state index contributed by atoms with van der Waals surface area (Å²) in [6, 6.07) is 11.2. The smallest absolute Gasteiger partial charge is 0.142 e. The van der Waals surface area contributed by atoms with Crippen molar-refractivity contribution >= 4 is 14.1 Å². The molecule has 0 aliphatic heterocycles. The lowest BCUT2D eigenvalue weighted by atomic mass is 10.4. The third-order valence-electron chi connectivity index (χ3n) is 1.65. The molecule has 11 heavy (non-hydrogen) atoms. The van der Waals surface area contributed by atoms with Crippen molar-refractivity contribution in [2.45, 2.75) is 6.04 Å². The third-order valence-corrected chi connectivity index (χ3v) is 3.73. The van der Waals surface area contributed by atoms with Gasteiger partial charge in [0, 0.05) is 0 Å². The van der Waals surface area contributed by atoms with Gasteiger partial charge in [-0.1, -0.05) is 36.4 Å². The van der Waals surface area contributed by atoms with Gasteiger partial charge in [-0.25, -0.2) is 0 Å². The summed E-state index contributed by atoms with van der Waals surface area (Å²) in [4.78, 5) is 0. The molecule has 2 heteroatoms. The molecule has 1 aromatic rings. The lowest BCUT2D eigenvalue weighted by Crippen LogP contribution is -2.38. The molecule has 1 aromatic carbocycles. The number of nitrogens with two attached hydrogens (primary N) is 1. The van der Waals surface area contributed by atoms with E-state index in [9.17, 15) is 0 Å². The molecule has 1 nitrogen and oxygen atoms in total. The minimum atomic E-state index is -1.18. The molecule has 58 valence electrons. The molecule has 0 amide bonds. The van der Waals surface area contributed by atoms with Crippen molar-refractivity contribution in [3.05, 3.63) is 43.0 Å². The Morgan fingerprint density at radius 2 is 2.00 bits per heavy atom. The van der Waals surface area contributed by atoms with E-state index in [1.807, 2.05) is 24.3 Å².